The summed E-state index contributed by atoms with van der Waals surface area (Å²) in [4.78, 5) is 2.57. The molecule has 18 heavy (non-hydrogen) atoms. The summed E-state index contributed by atoms with van der Waals surface area (Å²) in [6, 6.07) is 0.790. The summed E-state index contributed by atoms with van der Waals surface area (Å²) in [5.74, 6) is 3.27. The van der Waals surface area contributed by atoms with E-state index in [2.05, 4.69) is 17.3 Å². The molecule has 1 unspecified atom stereocenters. The maximum atomic E-state index is 3.93. The second kappa shape index (κ2) is 4.21. The van der Waals surface area contributed by atoms with E-state index < -0.39 is 0 Å². The van der Waals surface area contributed by atoms with Gasteiger partial charge in [0.15, 0.2) is 0 Å². The highest BCUT2D eigenvalue weighted by Gasteiger charge is 2.54. The van der Waals surface area contributed by atoms with Gasteiger partial charge in [0.2, 0.25) is 0 Å². The Hall–Kier alpha value is -0.0800. The highest BCUT2D eigenvalue weighted by molar-refractivity contribution is 5.07. The van der Waals surface area contributed by atoms with Gasteiger partial charge < -0.3 is 10.2 Å². The Balaban J connectivity index is 1.58. The largest absolute Gasteiger partial charge is 0.312 e. The van der Waals surface area contributed by atoms with Gasteiger partial charge in [0.05, 0.1) is 0 Å². The number of rotatable bonds is 1. The first-order valence-electron chi connectivity index (χ1n) is 8.15. The van der Waals surface area contributed by atoms with Gasteiger partial charge in [0, 0.05) is 12.6 Å². The first-order valence-corrected chi connectivity index (χ1v) is 8.15. The van der Waals surface area contributed by atoms with Crippen LogP contribution < -0.4 is 5.32 Å². The van der Waals surface area contributed by atoms with Crippen molar-refractivity contribution in [2.75, 3.05) is 26.7 Å². The summed E-state index contributed by atoms with van der Waals surface area (Å²) in [5.41, 5.74) is 0.688. The second-order valence-corrected chi connectivity index (χ2v) is 7.90. The average Bonchev–Trinajstić information content (AvgIpc) is 2.52. The van der Waals surface area contributed by atoms with E-state index in [1.165, 1.54) is 26.1 Å². The Kier molecular flexibility index (Phi) is 2.74. The highest BCUT2D eigenvalue weighted by atomic mass is 15.1. The molecular weight excluding hydrogens is 220 g/mol. The second-order valence-electron chi connectivity index (χ2n) is 7.90. The van der Waals surface area contributed by atoms with Crippen LogP contribution in [0, 0.1) is 23.2 Å². The number of likely N-dealkylation sites (N-methyl/N-ethyl adjacent to an activating group) is 1. The standard InChI is InChI=1S/C16H28N2/c1-18-4-2-3-17-15(11-18)16-8-12-5-13(9-16)7-14(6-12)10-16/h12-15,17H,2-11H2,1H3. The normalized spacial score (nSPS) is 52.5. The van der Waals surface area contributed by atoms with Crippen molar-refractivity contribution in [1.82, 2.24) is 10.2 Å². The fraction of sp³-hybridized carbons (Fsp3) is 1.00. The monoisotopic (exact) mass is 248 g/mol. The van der Waals surface area contributed by atoms with Crippen LogP contribution in [0.3, 0.4) is 0 Å². The van der Waals surface area contributed by atoms with Crippen LogP contribution in [0.15, 0.2) is 0 Å². The summed E-state index contributed by atoms with van der Waals surface area (Å²) < 4.78 is 0. The molecule has 4 saturated carbocycles. The van der Waals surface area contributed by atoms with E-state index in [-0.39, 0.29) is 0 Å². The van der Waals surface area contributed by atoms with Gasteiger partial charge in [-0.1, -0.05) is 0 Å². The van der Waals surface area contributed by atoms with Crippen LogP contribution in [0.2, 0.25) is 0 Å². The topological polar surface area (TPSA) is 15.3 Å². The highest BCUT2D eigenvalue weighted by Crippen LogP contribution is 2.61. The Morgan fingerprint density at radius 1 is 1.00 bits per heavy atom. The first-order chi connectivity index (χ1) is 8.73. The van der Waals surface area contributed by atoms with Crippen molar-refractivity contribution >= 4 is 0 Å². The minimum absolute atomic E-state index is 0.688. The van der Waals surface area contributed by atoms with Gasteiger partial charge in [-0.05, 0) is 88.3 Å². The fourth-order valence-electron chi connectivity index (χ4n) is 6.11. The molecule has 4 bridgehead atoms. The van der Waals surface area contributed by atoms with Crippen molar-refractivity contribution in [2.45, 2.75) is 51.0 Å². The van der Waals surface area contributed by atoms with Gasteiger partial charge in [-0.3, -0.25) is 0 Å². The van der Waals surface area contributed by atoms with E-state index in [0.717, 1.165) is 23.8 Å². The smallest absolute Gasteiger partial charge is 0.0251 e. The molecule has 0 radical (unpaired) electrons. The van der Waals surface area contributed by atoms with E-state index >= 15 is 0 Å². The first kappa shape index (κ1) is 11.7. The lowest BCUT2D eigenvalue weighted by molar-refractivity contribution is -0.0758. The van der Waals surface area contributed by atoms with E-state index in [1.54, 1.807) is 38.5 Å². The molecule has 1 saturated heterocycles. The zero-order valence-corrected chi connectivity index (χ0v) is 11.8. The molecule has 102 valence electrons. The van der Waals surface area contributed by atoms with Gasteiger partial charge in [0.25, 0.3) is 0 Å². The third-order valence-corrected chi connectivity index (χ3v) is 6.43. The molecule has 2 heteroatoms. The maximum Gasteiger partial charge on any atom is 0.0251 e. The molecule has 5 rings (SSSR count). The predicted molar refractivity (Wildman–Crippen MR) is 74.5 cm³/mol. The van der Waals surface area contributed by atoms with Crippen LogP contribution >= 0.6 is 0 Å². The molecule has 2 nitrogen and oxygen atoms in total. The van der Waals surface area contributed by atoms with Crippen LogP contribution in [-0.2, 0) is 0 Å². The quantitative estimate of drug-likeness (QED) is 0.767. The summed E-state index contributed by atoms with van der Waals surface area (Å²) in [6.07, 6.45) is 10.7. The molecular formula is C16H28N2. The van der Waals surface area contributed by atoms with Gasteiger partial charge in [0.1, 0.15) is 0 Å². The van der Waals surface area contributed by atoms with Crippen molar-refractivity contribution in [3.05, 3.63) is 0 Å². The molecule has 4 aliphatic carbocycles. The molecule has 1 N–H and O–H groups in total. The van der Waals surface area contributed by atoms with Crippen LogP contribution in [0.25, 0.3) is 0 Å². The molecule has 1 aliphatic heterocycles. The fourth-order valence-corrected chi connectivity index (χ4v) is 6.11. The zero-order valence-electron chi connectivity index (χ0n) is 11.8. The molecule has 1 atom stereocenters. The minimum atomic E-state index is 0.688. The van der Waals surface area contributed by atoms with Gasteiger partial charge >= 0.3 is 0 Å². The molecule has 0 aromatic carbocycles. The summed E-state index contributed by atoms with van der Waals surface area (Å²) in [6.45, 7) is 3.83. The average molecular weight is 248 g/mol. The summed E-state index contributed by atoms with van der Waals surface area (Å²) in [7, 11) is 2.32. The third-order valence-electron chi connectivity index (χ3n) is 6.43. The molecule has 1 heterocycles. The predicted octanol–water partition coefficient (Wildman–Crippen LogP) is 2.50. The lowest BCUT2D eigenvalue weighted by Gasteiger charge is -2.59. The van der Waals surface area contributed by atoms with Crippen molar-refractivity contribution in [3.8, 4) is 0 Å². The molecule has 0 spiro atoms. The van der Waals surface area contributed by atoms with E-state index in [1.807, 2.05) is 0 Å². The van der Waals surface area contributed by atoms with Crippen LogP contribution in [0.4, 0.5) is 0 Å². The number of hydrogen-bond donors (Lipinski definition) is 1. The van der Waals surface area contributed by atoms with Crippen molar-refractivity contribution in [2.24, 2.45) is 23.2 Å². The van der Waals surface area contributed by atoms with Crippen molar-refractivity contribution < 1.29 is 0 Å². The summed E-state index contributed by atoms with van der Waals surface area (Å²) >= 11 is 0. The Bertz CT molecular complexity index is 290. The maximum absolute atomic E-state index is 3.93. The Labute approximate surface area is 111 Å². The number of nitrogens with zero attached hydrogens (tertiary/aromatic N) is 1. The molecule has 5 aliphatic rings. The molecule has 5 fully saturated rings. The summed E-state index contributed by atoms with van der Waals surface area (Å²) in [5, 5.41) is 3.93. The van der Waals surface area contributed by atoms with Gasteiger partial charge in [-0.15, -0.1) is 0 Å². The number of hydrogen-bond acceptors (Lipinski definition) is 2. The molecule has 0 aromatic heterocycles. The van der Waals surface area contributed by atoms with Crippen LogP contribution in [-0.4, -0.2) is 37.6 Å². The number of nitrogens with one attached hydrogen (secondary N) is 1. The van der Waals surface area contributed by atoms with Crippen LogP contribution in [0.5, 0.6) is 0 Å². The third kappa shape index (κ3) is 1.84. The van der Waals surface area contributed by atoms with E-state index in [0.29, 0.717) is 5.41 Å². The van der Waals surface area contributed by atoms with Crippen LogP contribution in [0.1, 0.15) is 44.9 Å². The Morgan fingerprint density at radius 2 is 1.61 bits per heavy atom. The van der Waals surface area contributed by atoms with Crippen molar-refractivity contribution in [3.63, 3.8) is 0 Å². The van der Waals surface area contributed by atoms with E-state index in [4.69, 9.17) is 0 Å². The van der Waals surface area contributed by atoms with Gasteiger partial charge in [-0.25, -0.2) is 0 Å². The van der Waals surface area contributed by atoms with Gasteiger partial charge in [-0.2, -0.15) is 0 Å². The lowest BCUT2D eigenvalue weighted by Crippen LogP contribution is -2.58. The van der Waals surface area contributed by atoms with Crippen molar-refractivity contribution in [1.29, 1.82) is 0 Å². The van der Waals surface area contributed by atoms with E-state index in [9.17, 15) is 0 Å². The SMILES string of the molecule is CN1CCCNC(C23CC4CC(CC(C4)C2)C3)C1. The Morgan fingerprint density at radius 3 is 2.22 bits per heavy atom. The lowest BCUT2D eigenvalue weighted by atomic mass is 9.47. The molecule has 0 amide bonds. The zero-order chi connectivity index (χ0) is 12.2. The minimum Gasteiger partial charge on any atom is -0.312 e. The molecule has 0 aromatic rings.